The molecule has 5 rings (SSSR count). The highest BCUT2D eigenvalue weighted by molar-refractivity contribution is 5.93. The number of pyridine rings is 1. The summed E-state index contributed by atoms with van der Waals surface area (Å²) < 4.78 is 5.48. The average molecular weight is 417 g/mol. The number of aromatic nitrogens is 3. The Labute approximate surface area is 183 Å². The number of nitrogens with zero attached hydrogens (tertiary/aromatic N) is 6. The Hall–Kier alpha value is -3.03. The van der Waals surface area contributed by atoms with Crippen molar-refractivity contribution in [3.8, 4) is 0 Å². The monoisotopic (exact) mass is 416 g/mol. The minimum atomic E-state index is 0.791. The number of benzene rings is 1. The van der Waals surface area contributed by atoms with Crippen LogP contribution in [0.1, 0.15) is 11.3 Å². The molecule has 0 amide bonds. The summed E-state index contributed by atoms with van der Waals surface area (Å²) in [7, 11) is 0. The van der Waals surface area contributed by atoms with Gasteiger partial charge < -0.3 is 14.5 Å². The van der Waals surface area contributed by atoms with E-state index in [9.17, 15) is 0 Å². The van der Waals surface area contributed by atoms with Crippen molar-refractivity contribution in [2.75, 3.05) is 62.3 Å². The maximum atomic E-state index is 5.48. The SMILES string of the molecule is C=Cc1ccc(N2CCN(c3nnc(CN4CCOCC4)c4ccccc34)CC2)nc1. The first kappa shape index (κ1) is 19.9. The maximum absolute atomic E-state index is 5.48. The number of fused-ring (bicyclic) bond motifs is 1. The van der Waals surface area contributed by atoms with Gasteiger partial charge in [0.25, 0.3) is 0 Å². The Morgan fingerprint density at radius 1 is 0.871 bits per heavy atom. The summed E-state index contributed by atoms with van der Waals surface area (Å²) in [6.45, 7) is 11.7. The number of hydrogen-bond acceptors (Lipinski definition) is 7. The quantitative estimate of drug-likeness (QED) is 0.634. The molecule has 7 nitrogen and oxygen atoms in total. The van der Waals surface area contributed by atoms with E-state index in [0.717, 1.165) is 81.9 Å². The van der Waals surface area contributed by atoms with E-state index in [0.29, 0.717) is 0 Å². The lowest BCUT2D eigenvalue weighted by atomic mass is 10.1. The lowest BCUT2D eigenvalue weighted by Gasteiger charge is -2.36. The van der Waals surface area contributed by atoms with Crippen LogP contribution >= 0.6 is 0 Å². The molecule has 0 unspecified atom stereocenters. The topological polar surface area (TPSA) is 57.6 Å². The van der Waals surface area contributed by atoms with Gasteiger partial charge in [-0.2, -0.15) is 5.10 Å². The van der Waals surface area contributed by atoms with Crippen molar-refractivity contribution < 1.29 is 4.74 Å². The summed E-state index contributed by atoms with van der Waals surface area (Å²) in [4.78, 5) is 11.6. The third kappa shape index (κ3) is 4.24. The summed E-state index contributed by atoms with van der Waals surface area (Å²) in [6.07, 6.45) is 3.70. The van der Waals surface area contributed by atoms with E-state index in [-0.39, 0.29) is 0 Å². The molecule has 2 saturated heterocycles. The van der Waals surface area contributed by atoms with Crippen LogP contribution in [0, 0.1) is 0 Å². The number of anilines is 2. The summed E-state index contributed by atoms with van der Waals surface area (Å²) in [5.74, 6) is 2.00. The average Bonchev–Trinajstić information content (AvgIpc) is 2.85. The molecule has 2 aromatic heterocycles. The van der Waals surface area contributed by atoms with Gasteiger partial charge >= 0.3 is 0 Å². The predicted octanol–water partition coefficient (Wildman–Crippen LogP) is 2.83. The summed E-state index contributed by atoms with van der Waals surface area (Å²) in [6, 6.07) is 12.7. The van der Waals surface area contributed by atoms with E-state index in [2.05, 4.69) is 72.9 Å². The number of ether oxygens (including phenoxy) is 1. The second kappa shape index (κ2) is 8.99. The van der Waals surface area contributed by atoms with Crippen LogP contribution in [0.4, 0.5) is 11.6 Å². The number of piperazine rings is 1. The second-order valence-corrected chi connectivity index (χ2v) is 8.03. The van der Waals surface area contributed by atoms with Crippen LogP contribution < -0.4 is 9.80 Å². The molecule has 4 heterocycles. The molecule has 0 aliphatic carbocycles. The fraction of sp³-hybridized carbons (Fsp3) is 0.375. The molecule has 1 aromatic carbocycles. The molecule has 0 atom stereocenters. The van der Waals surface area contributed by atoms with Crippen LogP contribution in [-0.2, 0) is 11.3 Å². The smallest absolute Gasteiger partial charge is 0.159 e. The molecule has 0 spiro atoms. The van der Waals surface area contributed by atoms with Gasteiger partial charge in [0.15, 0.2) is 5.82 Å². The second-order valence-electron chi connectivity index (χ2n) is 8.03. The molecule has 2 aliphatic heterocycles. The van der Waals surface area contributed by atoms with Gasteiger partial charge in [-0.1, -0.05) is 36.9 Å². The molecule has 0 radical (unpaired) electrons. The van der Waals surface area contributed by atoms with Gasteiger partial charge in [0.1, 0.15) is 5.82 Å². The van der Waals surface area contributed by atoms with Gasteiger partial charge in [0.05, 0.1) is 18.9 Å². The third-order valence-electron chi connectivity index (χ3n) is 6.13. The summed E-state index contributed by atoms with van der Waals surface area (Å²) in [5, 5.41) is 11.7. The van der Waals surface area contributed by atoms with Gasteiger partial charge in [-0.15, -0.1) is 5.10 Å². The van der Waals surface area contributed by atoms with Crippen molar-refractivity contribution in [3.63, 3.8) is 0 Å². The van der Waals surface area contributed by atoms with Gasteiger partial charge in [-0.25, -0.2) is 4.98 Å². The molecule has 31 heavy (non-hydrogen) atoms. The maximum Gasteiger partial charge on any atom is 0.159 e. The van der Waals surface area contributed by atoms with E-state index in [4.69, 9.17) is 4.74 Å². The molecule has 2 aliphatic rings. The molecule has 2 fully saturated rings. The summed E-state index contributed by atoms with van der Waals surface area (Å²) >= 11 is 0. The minimum absolute atomic E-state index is 0.791. The Morgan fingerprint density at radius 2 is 1.61 bits per heavy atom. The molecule has 0 N–H and O–H groups in total. The van der Waals surface area contributed by atoms with Crippen LogP contribution in [0.5, 0.6) is 0 Å². The van der Waals surface area contributed by atoms with Gasteiger partial charge in [-0.3, -0.25) is 4.90 Å². The highest BCUT2D eigenvalue weighted by Crippen LogP contribution is 2.28. The van der Waals surface area contributed by atoms with Gasteiger partial charge in [0, 0.05) is 62.8 Å². The predicted molar refractivity (Wildman–Crippen MR) is 124 cm³/mol. The zero-order chi connectivity index (χ0) is 21.0. The van der Waals surface area contributed by atoms with Crippen LogP contribution in [-0.4, -0.2) is 72.6 Å². The minimum Gasteiger partial charge on any atom is -0.379 e. The number of rotatable bonds is 5. The first-order valence-electron chi connectivity index (χ1n) is 10.9. The lowest BCUT2D eigenvalue weighted by molar-refractivity contribution is 0.0337. The van der Waals surface area contributed by atoms with Crippen LogP contribution in [0.15, 0.2) is 49.2 Å². The van der Waals surface area contributed by atoms with Crippen molar-refractivity contribution in [3.05, 3.63) is 60.4 Å². The van der Waals surface area contributed by atoms with Crippen LogP contribution in [0.25, 0.3) is 16.8 Å². The zero-order valence-electron chi connectivity index (χ0n) is 17.8. The zero-order valence-corrected chi connectivity index (χ0v) is 17.8. The fourth-order valence-electron chi connectivity index (χ4n) is 4.32. The molecule has 0 bridgehead atoms. The first-order valence-corrected chi connectivity index (χ1v) is 10.9. The van der Waals surface area contributed by atoms with Crippen molar-refractivity contribution in [2.45, 2.75) is 6.54 Å². The number of morpholine rings is 1. The van der Waals surface area contributed by atoms with Crippen LogP contribution in [0.3, 0.4) is 0 Å². The highest BCUT2D eigenvalue weighted by Gasteiger charge is 2.22. The first-order chi connectivity index (χ1) is 15.3. The van der Waals surface area contributed by atoms with Gasteiger partial charge in [0.2, 0.25) is 0 Å². The molecular formula is C24H28N6O. The van der Waals surface area contributed by atoms with Crippen molar-refractivity contribution >= 4 is 28.5 Å². The van der Waals surface area contributed by atoms with Crippen molar-refractivity contribution in [1.29, 1.82) is 0 Å². The van der Waals surface area contributed by atoms with Crippen molar-refractivity contribution in [1.82, 2.24) is 20.1 Å². The molecule has 0 saturated carbocycles. The Bertz CT molecular complexity index is 1040. The summed E-state index contributed by atoms with van der Waals surface area (Å²) in [5.41, 5.74) is 2.09. The van der Waals surface area contributed by atoms with E-state index < -0.39 is 0 Å². The normalized spacial score (nSPS) is 17.8. The number of hydrogen-bond donors (Lipinski definition) is 0. The van der Waals surface area contributed by atoms with Crippen molar-refractivity contribution in [2.24, 2.45) is 0 Å². The van der Waals surface area contributed by atoms with Crippen LogP contribution in [0.2, 0.25) is 0 Å². The Morgan fingerprint density at radius 3 is 2.32 bits per heavy atom. The molecule has 160 valence electrons. The van der Waals surface area contributed by atoms with E-state index >= 15 is 0 Å². The Balaban J connectivity index is 1.33. The Kier molecular flexibility index (Phi) is 5.78. The standard InChI is InChI=1S/C24H28N6O/c1-2-19-7-8-23(25-17-19)29-9-11-30(12-10-29)24-21-6-4-3-5-20(21)22(26-27-24)18-28-13-15-31-16-14-28/h2-8,17H,1,9-16,18H2. The van der Waals surface area contributed by atoms with E-state index in [1.807, 2.05) is 12.3 Å². The van der Waals surface area contributed by atoms with E-state index in [1.54, 1.807) is 0 Å². The molecule has 7 heteroatoms. The lowest BCUT2D eigenvalue weighted by Crippen LogP contribution is -2.47. The molecule has 3 aromatic rings. The molecular weight excluding hydrogens is 388 g/mol. The largest absolute Gasteiger partial charge is 0.379 e. The fourth-order valence-corrected chi connectivity index (χ4v) is 4.32. The van der Waals surface area contributed by atoms with E-state index in [1.165, 1.54) is 10.8 Å². The highest BCUT2D eigenvalue weighted by atomic mass is 16.5. The third-order valence-corrected chi connectivity index (χ3v) is 6.13. The van der Waals surface area contributed by atoms with Gasteiger partial charge in [-0.05, 0) is 17.7 Å².